The summed E-state index contributed by atoms with van der Waals surface area (Å²) in [6.45, 7) is 2.15. The lowest BCUT2D eigenvalue weighted by atomic mass is 10.0. The molecule has 0 aromatic carbocycles. The van der Waals surface area contributed by atoms with Gasteiger partial charge in [-0.2, -0.15) is 0 Å². The van der Waals surface area contributed by atoms with Crippen molar-refractivity contribution in [2.75, 3.05) is 26.7 Å². The Morgan fingerprint density at radius 3 is 3.05 bits per heavy atom. The minimum atomic E-state index is -0.389. The number of hydroxylamine groups is 1. The van der Waals surface area contributed by atoms with Crippen LogP contribution < -0.4 is 10.8 Å². The lowest BCUT2D eigenvalue weighted by Gasteiger charge is -2.29. The van der Waals surface area contributed by atoms with Gasteiger partial charge in [0, 0.05) is 19.6 Å². The lowest BCUT2D eigenvalue weighted by molar-refractivity contribution is -0.139. The first-order valence-corrected chi connectivity index (χ1v) is 7.35. The SMILES string of the molecule is CN1C(=O)N2C[C@H]1CC[C@H]2C(=O)NOCC1CCCN1. The molecule has 3 amide bonds. The normalized spacial score (nSPS) is 32.9. The minimum absolute atomic E-state index is 0.0508. The fraction of sp³-hybridized carbons (Fsp3) is 0.846. The smallest absolute Gasteiger partial charge is 0.320 e. The van der Waals surface area contributed by atoms with Gasteiger partial charge in [0.05, 0.1) is 12.6 Å². The van der Waals surface area contributed by atoms with Crippen LogP contribution in [0.4, 0.5) is 4.79 Å². The Kier molecular flexibility index (Phi) is 3.80. The first-order valence-electron chi connectivity index (χ1n) is 7.35. The second kappa shape index (κ2) is 5.57. The standard InChI is InChI=1S/C13H22N4O3/c1-16-10-4-5-11(17(7-10)13(16)19)12(18)15-20-8-9-3-2-6-14-9/h9-11,14H,2-8H2,1H3,(H,15,18)/t9?,10-,11+/m1/s1. The van der Waals surface area contributed by atoms with E-state index in [1.54, 1.807) is 16.8 Å². The van der Waals surface area contributed by atoms with Gasteiger partial charge in [0.25, 0.3) is 5.91 Å². The number of likely N-dealkylation sites (N-methyl/N-ethyl adjacent to an activating group) is 1. The molecule has 1 unspecified atom stereocenters. The van der Waals surface area contributed by atoms with Gasteiger partial charge < -0.3 is 15.1 Å². The number of piperidine rings is 1. The summed E-state index contributed by atoms with van der Waals surface area (Å²) in [6.07, 6.45) is 3.82. The van der Waals surface area contributed by atoms with Gasteiger partial charge in [-0.25, -0.2) is 10.3 Å². The molecule has 2 N–H and O–H groups in total. The van der Waals surface area contributed by atoms with Gasteiger partial charge in [-0.3, -0.25) is 9.63 Å². The molecule has 0 spiro atoms. The number of nitrogens with zero attached hydrogens (tertiary/aromatic N) is 2. The summed E-state index contributed by atoms with van der Waals surface area (Å²) < 4.78 is 0. The first-order chi connectivity index (χ1) is 9.66. The molecule has 3 aliphatic rings. The monoisotopic (exact) mass is 282 g/mol. The van der Waals surface area contributed by atoms with Crippen LogP contribution in [0.2, 0.25) is 0 Å². The second-order valence-corrected chi connectivity index (χ2v) is 5.86. The number of hydrogen-bond donors (Lipinski definition) is 2. The number of carbonyl (C=O) groups excluding carboxylic acids is 2. The fourth-order valence-electron chi connectivity index (χ4n) is 3.29. The van der Waals surface area contributed by atoms with E-state index in [1.807, 2.05) is 0 Å². The molecule has 3 fully saturated rings. The highest BCUT2D eigenvalue weighted by Gasteiger charge is 2.45. The van der Waals surface area contributed by atoms with Crippen molar-refractivity contribution in [3.05, 3.63) is 0 Å². The van der Waals surface area contributed by atoms with E-state index < -0.39 is 0 Å². The van der Waals surface area contributed by atoms with Crippen molar-refractivity contribution in [1.29, 1.82) is 0 Å². The van der Waals surface area contributed by atoms with E-state index in [0.717, 1.165) is 25.8 Å². The number of amides is 3. The van der Waals surface area contributed by atoms with Crippen LogP contribution in [0.1, 0.15) is 25.7 Å². The molecular weight excluding hydrogens is 260 g/mol. The van der Waals surface area contributed by atoms with E-state index >= 15 is 0 Å². The number of hydrogen-bond acceptors (Lipinski definition) is 4. The fourth-order valence-corrected chi connectivity index (χ4v) is 3.29. The molecular formula is C13H22N4O3. The molecule has 0 radical (unpaired) electrons. The van der Waals surface area contributed by atoms with Gasteiger partial charge in [0.15, 0.2) is 0 Å². The number of nitrogens with one attached hydrogen (secondary N) is 2. The van der Waals surface area contributed by atoms with Gasteiger partial charge in [0.1, 0.15) is 6.04 Å². The summed E-state index contributed by atoms with van der Waals surface area (Å²) in [7, 11) is 1.80. The van der Waals surface area contributed by atoms with Crippen molar-refractivity contribution >= 4 is 11.9 Å². The van der Waals surface area contributed by atoms with Crippen LogP contribution in [0, 0.1) is 0 Å². The van der Waals surface area contributed by atoms with Crippen molar-refractivity contribution in [3.63, 3.8) is 0 Å². The molecule has 0 saturated carbocycles. The molecule has 3 rings (SSSR count). The van der Waals surface area contributed by atoms with Crippen LogP contribution in [0.25, 0.3) is 0 Å². The average molecular weight is 282 g/mol. The van der Waals surface area contributed by atoms with Crippen LogP contribution in [0.3, 0.4) is 0 Å². The molecule has 0 aromatic heterocycles. The third kappa shape index (κ3) is 2.47. The van der Waals surface area contributed by atoms with Crippen LogP contribution in [-0.2, 0) is 9.63 Å². The average Bonchev–Trinajstić information content (AvgIpc) is 3.04. The highest BCUT2D eigenvalue weighted by atomic mass is 16.7. The van der Waals surface area contributed by atoms with Gasteiger partial charge in [-0.05, 0) is 32.2 Å². The van der Waals surface area contributed by atoms with Crippen molar-refractivity contribution < 1.29 is 14.4 Å². The van der Waals surface area contributed by atoms with Crippen molar-refractivity contribution in [2.45, 2.75) is 43.8 Å². The van der Waals surface area contributed by atoms with Crippen LogP contribution in [0.15, 0.2) is 0 Å². The zero-order chi connectivity index (χ0) is 14.1. The van der Waals surface area contributed by atoms with Crippen molar-refractivity contribution in [2.24, 2.45) is 0 Å². The van der Waals surface area contributed by atoms with E-state index in [9.17, 15) is 9.59 Å². The highest BCUT2D eigenvalue weighted by Crippen LogP contribution is 2.28. The largest absolute Gasteiger partial charge is 0.323 e. The molecule has 2 bridgehead atoms. The van der Waals surface area contributed by atoms with Crippen LogP contribution in [0.5, 0.6) is 0 Å². The molecule has 7 nitrogen and oxygen atoms in total. The maximum atomic E-state index is 12.1. The summed E-state index contributed by atoms with van der Waals surface area (Å²) in [5.41, 5.74) is 2.51. The van der Waals surface area contributed by atoms with Crippen molar-refractivity contribution in [1.82, 2.24) is 20.6 Å². The summed E-state index contributed by atoms with van der Waals surface area (Å²) >= 11 is 0. The molecule has 3 heterocycles. The maximum absolute atomic E-state index is 12.1. The second-order valence-electron chi connectivity index (χ2n) is 5.86. The first kappa shape index (κ1) is 13.6. The molecule has 0 aliphatic carbocycles. The Labute approximate surface area is 118 Å². The van der Waals surface area contributed by atoms with E-state index in [2.05, 4.69) is 10.8 Å². The van der Waals surface area contributed by atoms with E-state index in [4.69, 9.17) is 4.84 Å². The highest BCUT2D eigenvalue weighted by molar-refractivity contribution is 5.88. The third-order valence-electron chi connectivity index (χ3n) is 4.57. The Bertz CT molecular complexity index is 397. The third-order valence-corrected chi connectivity index (χ3v) is 4.57. The molecule has 3 saturated heterocycles. The Hall–Kier alpha value is -1.34. The molecule has 112 valence electrons. The Balaban J connectivity index is 1.48. The molecule has 20 heavy (non-hydrogen) atoms. The topological polar surface area (TPSA) is 73.9 Å². The molecule has 3 aliphatic heterocycles. The summed E-state index contributed by atoms with van der Waals surface area (Å²) in [5.74, 6) is -0.204. The van der Waals surface area contributed by atoms with Gasteiger partial charge in [0.2, 0.25) is 0 Å². The summed E-state index contributed by atoms with van der Waals surface area (Å²) in [5, 5.41) is 3.30. The quantitative estimate of drug-likeness (QED) is 0.693. The Morgan fingerprint density at radius 1 is 1.45 bits per heavy atom. The van der Waals surface area contributed by atoms with Crippen LogP contribution >= 0.6 is 0 Å². The maximum Gasteiger partial charge on any atom is 0.320 e. The molecule has 3 atom stereocenters. The predicted octanol–water partition coefficient (Wildman–Crippen LogP) is -0.315. The van der Waals surface area contributed by atoms with Gasteiger partial charge in [-0.1, -0.05) is 0 Å². The number of rotatable bonds is 4. The zero-order valence-electron chi connectivity index (χ0n) is 11.8. The number of fused-ring (bicyclic) bond motifs is 2. The Morgan fingerprint density at radius 2 is 2.30 bits per heavy atom. The number of urea groups is 1. The summed E-state index contributed by atoms with van der Waals surface area (Å²) in [6, 6.07) is 0.145. The lowest BCUT2D eigenvalue weighted by Crippen LogP contribution is -2.50. The van der Waals surface area contributed by atoms with Crippen molar-refractivity contribution in [3.8, 4) is 0 Å². The van der Waals surface area contributed by atoms with Gasteiger partial charge >= 0.3 is 6.03 Å². The number of carbonyl (C=O) groups is 2. The van der Waals surface area contributed by atoms with Gasteiger partial charge in [-0.15, -0.1) is 0 Å². The van der Waals surface area contributed by atoms with E-state index in [1.165, 1.54) is 0 Å². The predicted molar refractivity (Wildman–Crippen MR) is 71.8 cm³/mol. The van der Waals surface area contributed by atoms with E-state index in [0.29, 0.717) is 25.6 Å². The van der Waals surface area contributed by atoms with E-state index in [-0.39, 0.29) is 24.0 Å². The van der Waals surface area contributed by atoms with Crippen LogP contribution in [-0.4, -0.2) is 66.6 Å². The zero-order valence-corrected chi connectivity index (χ0v) is 11.8. The summed E-state index contributed by atoms with van der Waals surface area (Å²) in [4.78, 5) is 32.8. The minimum Gasteiger partial charge on any atom is -0.323 e. The molecule has 0 aromatic rings. The molecule has 7 heteroatoms.